The first kappa shape index (κ1) is 19.1. The van der Waals surface area contributed by atoms with Gasteiger partial charge in [-0.15, -0.1) is 11.3 Å². The zero-order chi connectivity index (χ0) is 19.1. The molecule has 0 saturated carbocycles. The minimum absolute atomic E-state index is 0.110. The van der Waals surface area contributed by atoms with Crippen LogP contribution in [-0.2, 0) is 22.5 Å². The van der Waals surface area contributed by atoms with E-state index in [1.807, 2.05) is 36.6 Å². The quantitative estimate of drug-likeness (QED) is 0.671. The van der Waals surface area contributed by atoms with Gasteiger partial charge in [0.1, 0.15) is 0 Å². The Labute approximate surface area is 161 Å². The number of thiazole rings is 1. The summed E-state index contributed by atoms with van der Waals surface area (Å²) in [6.07, 6.45) is 0.110. The van der Waals surface area contributed by atoms with Gasteiger partial charge in [0.15, 0.2) is 5.13 Å². The van der Waals surface area contributed by atoms with E-state index in [2.05, 4.69) is 26.1 Å². The molecule has 1 aromatic carbocycles. The maximum absolute atomic E-state index is 12.0. The Morgan fingerprint density at radius 2 is 1.93 bits per heavy atom. The van der Waals surface area contributed by atoms with Gasteiger partial charge in [-0.1, -0.05) is 29.8 Å². The molecule has 1 saturated heterocycles. The van der Waals surface area contributed by atoms with E-state index in [9.17, 15) is 9.59 Å². The lowest BCUT2D eigenvalue weighted by atomic mass is 10.1. The highest BCUT2D eigenvalue weighted by Crippen LogP contribution is 2.21. The summed E-state index contributed by atoms with van der Waals surface area (Å²) in [4.78, 5) is 30.4. The zero-order valence-electron chi connectivity index (χ0n) is 15.2. The second-order valence-corrected chi connectivity index (χ2v) is 7.08. The number of carbonyl (C=O) groups is 2. The molecule has 1 aliphatic heterocycles. The van der Waals surface area contributed by atoms with Crippen molar-refractivity contribution in [3.63, 3.8) is 0 Å². The normalized spacial score (nSPS) is 13.9. The van der Waals surface area contributed by atoms with E-state index in [0.29, 0.717) is 25.5 Å². The highest BCUT2D eigenvalue weighted by atomic mass is 32.1. The summed E-state index contributed by atoms with van der Waals surface area (Å²) in [6, 6.07) is 7.40. The van der Waals surface area contributed by atoms with Crippen LogP contribution in [0.1, 0.15) is 16.8 Å². The summed E-state index contributed by atoms with van der Waals surface area (Å²) in [7, 11) is 0. The molecular formula is C18H23N5O3S. The number of aromatic nitrogens is 1. The number of amides is 3. The molecule has 27 heavy (non-hydrogen) atoms. The summed E-state index contributed by atoms with van der Waals surface area (Å²) < 4.78 is 5.33. The molecule has 1 aromatic heterocycles. The smallest absolute Gasteiger partial charge is 0.333 e. The van der Waals surface area contributed by atoms with Crippen LogP contribution in [0.3, 0.4) is 0 Å². The molecule has 2 heterocycles. The first-order valence-electron chi connectivity index (χ1n) is 8.75. The Morgan fingerprint density at radius 1 is 1.19 bits per heavy atom. The van der Waals surface area contributed by atoms with Crippen LogP contribution in [0.15, 0.2) is 29.6 Å². The molecule has 3 rings (SSSR count). The fourth-order valence-electron chi connectivity index (χ4n) is 2.54. The van der Waals surface area contributed by atoms with E-state index in [0.717, 1.165) is 29.3 Å². The third-order valence-corrected chi connectivity index (χ3v) is 5.00. The van der Waals surface area contributed by atoms with Crippen molar-refractivity contribution < 1.29 is 14.3 Å². The topological polar surface area (TPSA) is 95.6 Å². The molecule has 8 nitrogen and oxygen atoms in total. The largest absolute Gasteiger partial charge is 0.378 e. The van der Waals surface area contributed by atoms with Gasteiger partial charge >= 0.3 is 6.03 Å². The molecule has 1 aliphatic rings. The standard InChI is InChI=1S/C18H23N5O3S/c1-13-2-4-14(5-3-13)11-19-17(25)22-21-16(24)10-15-12-27-18(20-15)23-6-8-26-9-7-23/h2-5,12H,6-11H2,1H3,(H,21,24)(H2,19,22,25). The molecule has 0 radical (unpaired) electrons. The minimum atomic E-state index is -0.462. The van der Waals surface area contributed by atoms with Gasteiger partial charge in [0.2, 0.25) is 5.91 Å². The lowest BCUT2D eigenvalue weighted by molar-refractivity contribution is -0.121. The molecule has 0 spiro atoms. The molecular weight excluding hydrogens is 366 g/mol. The van der Waals surface area contributed by atoms with Crippen LogP contribution in [0.5, 0.6) is 0 Å². The van der Waals surface area contributed by atoms with Gasteiger partial charge in [-0.3, -0.25) is 10.2 Å². The van der Waals surface area contributed by atoms with E-state index in [4.69, 9.17) is 4.74 Å². The third kappa shape index (κ3) is 5.93. The lowest BCUT2D eigenvalue weighted by Gasteiger charge is -2.26. The highest BCUT2D eigenvalue weighted by molar-refractivity contribution is 7.13. The van der Waals surface area contributed by atoms with Gasteiger partial charge in [-0.05, 0) is 12.5 Å². The van der Waals surface area contributed by atoms with Crippen molar-refractivity contribution in [2.45, 2.75) is 19.9 Å². The number of urea groups is 1. The molecule has 0 atom stereocenters. The Kier molecular flexibility index (Phi) is 6.61. The van der Waals surface area contributed by atoms with E-state index < -0.39 is 6.03 Å². The maximum Gasteiger partial charge on any atom is 0.333 e. The number of benzene rings is 1. The van der Waals surface area contributed by atoms with Gasteiger partial charge in [0.05, 0.1) is 25.3 Å². The van der Waals surface area contributed by atoms with Crippen molar-refractivity contribution in [1.29, 1.82) is 0 Å². The monoisotopic (exact) mass is 389 g/mol. The number of morpholine rings is 1. The fourth-order valence-corrected chi connectivity index (χ4v) is 3.42. The summed E-state index contributed by atoms with van der Waals surface area (Å²) in [5, 5.41) is 5.44. The summed E-state index contributed by atoms with van der Waals surface area (Å²) in [5.74, 6) is -0.320. The zero-order valence-corrected chi connectivity index (χ0v) is 16.0. The molecule has 0 unspecified atom stereocenters. The Morgan fingerprint density at radius 3 is 2.67 bits per heavy atom. The average molecular weight is 389 g/mol. The molecule has 2 aromatic rings. The molecule has 9 heteroatoms. The fraction of sp³-hybridized carbons (Fsp3) is 0.389. The number of anilines is 1. The van der Waals surface area contributed by atoms with E-state index >= 15 is 0 Å². The van der Waals surface area contributed by atoms with Crippen LogP contribution < -0.4 is 21.1 Å². The number of rotatable bonds is 5. The molecule has 1 fully saturated rings. The van der Waals surface area contributed by atoms with Gasteiger partial charge in [-0.25, -0.2) is 15.2 Å². The van der Waals surface area contributed by atoms with Crippen molar-refractivity contribution in [3.05, 3.63) is 46.5 Å². The van der Waals surface area contributed by atoms with Crippen LogP contribution in [0.4, 0.5) is 9.93 Å². The summed E-state index contributed by atoms with van der Waals surface area (Å²) in [6.45, 7) is 5.39. The van der Waals surface area contributed by atoms with E-state index in [-0.39, 0.29) is 12.3 Å². The minimum Gasteiger partial charge on any atom is -0.378 e. The van der Waals surface area contributed by atoms with Crippen molar-refractivity contribution >= 4 is 28.4 Å². The summed E-state index contributed by atoms with van der Waals surface area (Å²) in [5.41, 5.74) is 7.58. The number of aryl methyl sites for hydroxylation is 1. The highest BCUT2D eigenvalue weighted by Gasteiger charge is 2.16. The molecule has 0 aliphatic carbocycles. The number of nitrogens with one attached hydrogen (secondary N) is 3. The van der Waals surface area contributed by atoms with Crippen LogP contribution in [0, 0.1) is 6.92 Å². The predicted molar refractivity (Wildman–Crippen MR) is 104 cm³/mol. The van der Waals surface area contributed by atoms with Gasteiger partial charge in [0.25, 0.3) is 0 Å². The second kappa shape index (κ2) is 9.33. The van der Waals surface area contributed by atoms with E-state index in [1.54, 1.807) is 0 Å². The molecule has 3 amide bonds. The van der Waals surface area contributed by atoms with Crippen molar-refractivity contribution in [1.82, 2.24) is 21.2 Å². The number of nitrogens with zero attached hydrogens (tertiary/aromatic N) is 2. The molecule has 0 bridgehead atoms. The van der Waals surface area contributed by atoms with Crippen molar-refractivity contribution in [3.8, 4) is 0 Å². The lowest BCUT2D eigenvalue weighted by Crippen LogP contribution is -2.47. The number of ether oxygens (including phenoxy) is 1. The Bertz CT molecular complexity index is 772. The first-order chi connectivity index (χ1) is 13.1. The van der Waals surface area contributed by atoms with E-state index in [1.165, 1.54) is 11.3 Å². The van der Waals surface area contributed by atoms with Crippen LogP contribution in [0.25, 0.3) is 0 Å². The van der Waals surface area contributed by atoms with Crippen LogP contribution in [-0.4, -0.2) is 43.2 Å². The first-order valence-corrected chi connectivity index (χ1v) is 9.63. The van der Waals surface area contributed by atoms with Crippen LogP contribution in [0.2, 0.25) is 0 Å². The van der Waals surface area contributed by atoms with Crippen LogP contribution >= 0.6 is 11.3 Å². The SMILES string of the molecule is Cc1ccc(CNC(=O)NNC(=O)Cc2csc(N3CCOCC3)n2)cc1. The Balaban J connectivity index is 1.38. The molecule has 3 N–H and O–H groups in total. The van der Waals surface area contributed by atoms with Gasteiger partial charge < -0.3 is 15.0 Å². The number of hydrogen-bond acceptors (Lipinski definition) is 6. The summed E-state index contributed by atoms with van der Waals surface area (Å²) >= 11 is 1.51. The van der Waals surface area contributed by atoms with Gasteiger partial charge in [-0.2, -0.15) is 0 Å². The number of hydrogen-bond donors (Lipinski definition) is 3. The number of hydrazine groups is 1. The number of carbonyl (C=O) groups excluding carboxylic acids is 2. The predicted octanol–water partition coefficient (Wildman–Crippen LogP) is 1.36. The third-order valence-electron chi connectivity index (χ3n) is 4.05. The van der Waals surface area contributed by atoms with Crippen molar-refractivity contribution in [2.75, 3.05) is 31.2 Å². The maximum atomic E-state index is 12.0. The van der Waals surface area contributed by atoms with Crippen molar-refractivity contribution in [2.24, 2.45) is 0 Å². The second-order valence-electron chi connectivity index (χ2n) is 6.24. The average Bonchev–Trinajstić information content (AvgIpc) is 3.15. The Hall–Kier alpha value is -2.65. The molecule has 144 valence electrons. The van der Waals surface area contributed by atoms with Gasteiger partial charge in [0, 0.05) is 25.0 Å².